The number of nitrogens with zero attached hydrogens (tertiary/aromatic N) is 1. The molecule has 1 amide bonds. The molecule has 27 heavy (non-hydrogen) atoms. The second-order valence-corrected chi connectivity index (χ2v) is 7.91. The first-order valence-electron chi connectivity index (χ1n) is 8.75. The molecule has 2 aromatic rings. The largest absolute Gasteiger partial charge is 0.361 e. The van der Waals surface area contributed by atoms with E-state index in [-0.39, 0.29) is 12.1 Å². The molecule has 0 unspecified atom stereocenters. The van der Waals surface area contributed by atoms with Gasteiger partial charge in [0.05, 0.1) is 24.9 Å². The molecule has 0 radical (unpaired) electrons. The van der Waals surface area contributed by atoms with E-state index in [4.69, 9.17) is 9.05 Å². The molecule has 0 spiro atoms. The number of nitrogens with one attached hydrogen (secondary N) is 2. The average molecular weight is 387 g/mol. The van der Waals surface area contributed by atoms with Crippen molar-refractivity contribution in [2.75, 3.05) is 23.8 Å². The summed E-state index contributed by atoms with van der Waals surface area (Å²) < 4.78 is 23.2. The predicted octanol–water partition coefficient (Wildman–Crippen LogP) is 4.25. The molecular formula is C19H22N3O4P. The van der Waals surface area contributed by atoms with Crippen LogP contribution in [0, 0.1) is 0 Å². The number of aromatic nitrogens is 1. The standard InChI is InChI=1S/C19H22N3O4P/c1-3-25-27(24,26-4-2)13-14-7-9-15(10-8-14)21-12-17-16-6-5-11-20-18(16)22-19(17)23/h5-12,21H,3-4,13H2,1-2H3,(H,20,22,23)/b17-12-. The van der Waals surface area contributed by atoms with E-state index in [1.54, 1.807) is 32.3 Å². The Morgan fingerprint density at radius 1 is 1.15 bits per heavy atom. The Labute approximate surface area is 158 Å². The minimum absolute atomic E-state index is 0.192. The van der Waals surface area contributed by atoms with Crippen LogP contribution >= 0.6 is 7.60 Å². The van der Waals surface area contributed by atoms with Crippen molar-refractivity contribution < 1.29 is 18.4 Å². The van der Waals surface area contributed by atoms with E-state index in [9.17, 15) is 9.36 Å². The molecule has 3 rings (SSSR count). The highest BCUT2D eigenvalue weighted by molar-refractivity contribution is 7.53. The van der Waals surface area contributed by atoms with Gasteiger partial charge >= 0.3 is 7.60 Å². The zero-order valence-electron chi connectivity index (χ0n) is 15.3. The second kappa shape index (κ2) is 8.48. The second-order valence-electron chi connectivity index (χ2n) is 5.86. The summed E-state index contributed by atoms with van der Waals surface area (Å²) in [6.07, 6.45) is 3.51. The Morgan fingerprint density at radius 2 is 1.85 bits per heavy atom. The molecule has 0 aliphatic carbocycles. The van der Waals surface area contributed by atoms with E-state index >= 15 is 0 Å². The third kappa shape index (κ3) is 4.63. The van der Waals surface area contributed by atoms with Gasteiger partial charge in [0.25, 0.3) is 5.91 Å². The number of hydrogen-bond donors (Lipinski definition) is 2. The molecule has 0 saturated carbocycles. The third-order valence-corrected chi connectivity index (χ3v) is 5.99. The lowest BCUT2D eigenvalue weighted by Crippen LogP contribution is -2.05. The van der Waals surface area contributed by atoms with E-state index in [0.717, 1.165) is 16.8 Å². The predicted molar refractivity (Wildman–Crippen MR) is 105 cm³/mol. The number of benzene rings is 1. The lowest BCUT2D eigenvalue weighted by atomic mass is 10.1. The van der Waals surface area contributed by atoms with Crippen molar-refractivity contribution in [3.05, 3.63) is 59.9 Å². The van der Waals surface area contributed by atoms with E-state index in [1.165, 1.54) is 0 Å². The molecule has 2 heterocycles. The fourth-order valence-corrected chi connectivity index (χ4v) is 4.47. The molecule has 0 fully saturated rings. The van der Waals surface area contributed by atoms with Crippen molar-refractivity contribution in [2.24, 2.45) is 0 Å². The fourth-order valence-electron chi connectivity index (χ4n) is 2.77. The number of fused-ring (bicyclic) bond motifs is 1. The molecular weight excluding hydrogens is 365 g/mol. The van der Waals surface area contributed by atoms with Gasteiger partial charge in [-0.3, -0.25) is 9.36 Å². The molecule has 1 aliphatic heterocycles. The van der Waals surface area contributed by atoms with E-state index in [2.05, 4.69) is 15.6 Å². The Kier molecular flexibility index (Phi) is 6.06. The number of hydrogen-bond acceptors (Lipinski definition) is 6. The minimum Gasteiger partial charge on any atom is -0.361 e. The summed E-state index contributed by atoms with van der Waals surface area (Å²) in [7, 11) is -3.13. The number of amides is 1. The zero-order chi connectivity index (χ0) is 19.3. The summed E-state index contributed by atoms with van der Waals surface area (Å²) in [5.74, 6) is 0.371. The molecule has 0 saturated heterocycles. The van der Waals surface area contributed by atoms with Crippen molar-refractivity contribution >= 4 is 30.6 Å². The lowest BCUT2D eigenvalue weighted by molar-refractivity contribution is -0.110. The quantitative estimate of drug-likeness (QED) is 0.520. The van der Waals surface area contributed by atoms with Crippen molar-refractivity contribution in [1.29, 1.82) is 0 Å². The van der Waals surface area contributed by atoms with Gasteiger partial charge in [0.2, 0.25) is 0 Å². The number of pyridine rings is 1. The van der Waals surface area contributed by atoms with Gasteiger partial charge in [-0.1, -0.05) is 12.1 Å². The van der Waals surface area contributed by atoms with Gasteiger partial charge in [0.1, 0.15) is 5.82 Å². The van der Waals surface area contributed by atoms with Crippen molar-refractivity contribution in [2.45, 2.75) is 20.0 Å². The van der Waals surface area contributed by atoms with Crippen molar-refractivity contribution in [3.63, 3.8) is 0 Å². The normalized spacial score (nSPS) is 14.9. The third-order valence-electron chi connectivity index (χ3n) is 3.94. The van der Waals surface area contributed by atoms with E-state index < -0.39 is 7.60 Å². The summed E-state index contributed by atoms with van der Waals surface area (Å²) in [5, 5.41) is 5.84. The topological polar surface area (TPSA) is 89.5 Å². The van der Waals surface area contributed by atoms with Crippen molar-refractivity contribution in [1.82, 2.24) is 4.98 Å². The van der Waals surface area contributed by atoms with Gasteiger partial charge < -0.3 is 19.7 Å². The van der Waals surface area contributed by atoms with Gasteiger partial charge in [0, 0.05) is 23.6 Å². The maximum Gasteiger partial charge on any atom is 0.335 e. The van der Waals surface area contributed by atoms with Gasteiger partial charge in [-0.15, -0.1) is 0 Å². The summed E-state index contributed by atoms with van der Waals surface area (Å²) in [6, 6.07) is 11.1. The van der Waals surface area contributed by atoms with Crippen molar-refractivity contribution in [3.8, 4) is 0 Å². The Hall–Kier alpha value is -2.47. The summed E-state index contributed by atoms with van der Waals surface area (Å²) in [5.41, 5.74) is 2.95. The van der Waals surface area contributed by atoms with Crippen LogP contribution in [0.4, 0.5) is 11.5 Å². The molecule has 7 nitrogen and oxygen atoms in total. The highest BCUT2D eigenvalue weighted by atomic mass is 31.2. The van der Waals surface area contributed by atoms with E-state index in [0.29, 0.717) is 24.6 Å². The van der Waals surface area contributed by atoms with Gasteiger partial charge in [-0.05, 0) is 43.7 Å². The first-order valence-corrected chi connectivity index (χ1v) is 10.5. The molecule has 1 aromatic heterocycles. The van der Waals surface area contributed by atoms with Crippen LogP contribution in [0.5, 0.6) is 0 Å². The van der Waals surface area contributed by atoms with E-state index in [1.807, 2.05) is 30.3 Å². The summed E-state index contributed by atoms with van der Waals surface area (Å²) in [6.45, 7) is 4.25. The Balaban J connectivity index is 1.70. The minimum atomic E-state index is -3.13. The smallest absolute Gasteiger partial charge is 0.335 e. The maximum atomic E-state index is 12.6. The molecule has 0 atom stereocenters. The molecule has 0 bridgehead atoms. The lowest BCUT2D eigenvalue weighted by Gasteiger charge is -2.17. The van der Waals surface area contributed by atoms with Crippen LogP contribution in [0.3, 0.4) is 0 Å². The first-order chi connectivity index (χ1) is 13.0. The number of carbonyl (C=O) groups excluding carboxylic acids is 1. The van der Waals surface area contributed by atoms with Crippen LogP contribution in [0.1, 0.15) is 25.0 Å². The number of anilines is 2. The molecule has 1 aliphatic rings. The number of carbonyl (C=O) groups is 1. The fraction of sp³-hybridized carbons (Fsp3) is 0.263. The molecule has 1 aromatic carbocycles. The Bertz CT molecular complexity index is 886. The van der Waals surface area contributed by atoms with Crippen LogP contribution in [-0.2, 0) is 24.6 Å². The van der Waals surface area contributed by atoms with Crippen LogP contribution in [0.15, 0.2) is 48.8 Å². The number of rotatable bonds is 8. The molecule has 142 valence electrons. The van der Waals surface area contributed by atoms with Gasteiger partial charge in [-0.25, -0.2) is 4.98 Å². The average Bonchev–Trinajstić information content (AvgIpc) is 2.96. The SMILES string of the molecule is CCOP(=O)(Cc1ccc(N/C=C2\C(=O)Nc3ncccc32)cc1)OCC. The van der Waals surface area contributed by atoms with Gasteiger partial charge in [-0.2, -0.15) is 0 Å². The van der Waals surface area contributed by atoms with Gasteiger partial charge in [0.15, 0.2) is 0 Å². The maximum absolute atomic E-state index is 12.6. The molecule has 8 heteroatoms. The summed E-state index contributed by atoms with van der Waals surface area (Å²) >= 11 is 0. The highest BCUT2D eigenvalue weighted by Gasteiger charge is 2.25. The highest BCUT2D eigenvalue weighted by Crippen LogP contribution is 2.51. The van der Waals surface area contributed by atoms with Crippen LogP contribution < -0.4 is 10.6 Å². The monoisotopic (exact) mass is 387 g/mol. The van der Waals surface area contributed by atoms with Crippen LogP contribution in [0.25, 0.3) is 5.57 Å². The summed E-state index contributed by atoms with van der Waals surface area (Å²) in [4.78, 5) is 16.2. The first kappa shape index (κ1) is 19.3. The molecule has 2 N–H and O–H groups in total. The zero-order valence-corrected chi connectivity index (χ0v) is 16.2. The van der Waals surface area contributed by atoms with Crippen LogP contribution in [0.2, 0.25) is 0 Å². The van der Waals surface area contributed by atoms with Crippen LogP contribution in [-0.4, -0.2) is 24.1 Å². The Morgan fingerprint density at radius 3 is 2.52 bits per heavy atom.